The van der Waals surface area contributed by atoms with Crippen molar-refractivity contribution in [2.24, 2.45) is 0 Å². The van der Waals surface area contributed by atoms with E-state index in [0.717, 1.165) is 6.42 Å². The molecule has 0 aliphatic heterocycles. The normalized spacial score (nSPS) is 10.4. The van der Waals surface area contributed by atoms with Crippen molar-refractivity contribution < 1.29 is 13.9 Å². The molecule has 0 aliphatic rings. The summed E-state index contributed by atoms with van der Waals surface area (Å²) >= 11 is 5.44. The van der Waals surface area contributed by atoms with E-state index in [-0.39, 0.29) is 11.7 Å². The van der Waals surface area contributed by atoms with Crippen LogP contribution in [0, 0.1) is 6.92 Å². The van der Waals surface area contributed by atoms with Crippen LogP contribution in [0.1, 0.15) is 22.7 Å². The number of amides is 1. The molecule has 0 aromatic carbocycles. The van der Waals surface area contributed by atoms with E-state index in [1.165, 1.54) is 6.39 Å². The molecule has 1 amide bonds. The van der Waals surface area contributed by atoms with E-state index in [1.54, 1.807) is 6.92 Å². The molecule has 1 heterocycles. The molecule has 0 fully saturated rings. The van der Waals surface area contributed by atoms with Crippen LogP contribution in [-0.4, -0.2) is 36.5 Å². The summed E-state index contributed by atoms with van der Waals surface area (Å²) in [5.41, 5.74) is 0.593. The highest BCUT2D eigenvalue weighted by atomic mass is 35.5. The maximum atomic E-state index is 11.5. The molecule has 5 nitrogen and oxygen atoms in total. The van der Waals surface area contributed by atoms with Crippen molar-refractivity contribution in [1.29, 1.82) is 0 Å². The molecule has 1 rings (SSSR count). The Labute approximate surface area is 99.1 Å². The molecule has 90 valence electrons. The van der Waals surface area contributed by atoms with Crippen LogP contribution in [0.5, 0.6) is 0 Å². The fourth-order valence-corrected chi connectivity index (χ4v) is 1.24. The summed E-state index contributed by atoms with van der Waals surface area (Å²) in [6.07, 6.45) is 2.00. The number of nitrogens with zero attached hydrogens (tertiary/aromatic N) is 1. The van der Waals surface area contributed by atoms with Gasteiger partial charge in [-0.3, -0.25) is 4.79 Å². The van der Waals surface area contributed by atoms with Gasteiger partial charge >= 0.3 is 0 Å². The molecule has 0 saturated heterocycles. The van der Waals surface area contributed by atoms with Gasteiger partial charge in [0.25, 0.3) is 5.91 Å². The molecule has 0 bridgehead atoms. The van der Waals surface area contributed by atoms with Crippen LogP contribution in [0.15, 0.2) is 10.8 Å². The molecular weight excluding hydrogens is 232 g/mol. The second kappa shape index (κ2) is 7.24. The number of carbonyl (C=O) groups is 1. The van der Waals surface area contributed by atoms with Crippen LogP contribution in [0.4, 0.5) is 0 Å². The molecular formula is C10H15ClN2O3. The second-order valence-electron chi connectivity index (χ2n) is 3.18. The number of aromatic nitrogens is 1. The first kappa shape index (κ1) is 13.0. The maximum Gasteiger partial charge on any atom is 0.288 e. The van der Waals surface area contributed by atoms with Gasteiger partial charge in [-0.15, -0.1) is 11.6 Å². The van der Waals surface area contributed by atoms with Crippen molar-refractivity contribution in [1.82, 2.24) is 10.3 Å². The summed E-state index contributed by atoms with van der Waals surface area (Å²) < 4.78 is 10.1. The molecule has 0 unspecified atom stereocenters. The van der Waals surface area contributed by atoms with Gasteiger partial charge in [-0.1, -0.05) is 0 Å². The van der Waals surface area contributed by atoms with Crippen molar-refractivity contribution in [3.63, 3.8) is 0 Å². The smallest absolute Gasteiger partial charge is 0.288 e. The van der Waals surface area contributed by atoms with Crippen molar-refractivity contribution in [3.05, 3.63) is 17.8 Å². The Hall–Kier alpha value is -1.07. The van der Waals surface area contributed by atoms with Gasteiger partial charge in [0.15, 0.2) is 6.39 Å². The Balaban J connectivity index is 2.14. The van der Waals surface area contributed by atoms with Crippen molar-refractivity contribution in [3.8, 4) is 0 Å². The molecule has 0 spiro atoms. The lowest BCUT2D eigenvalue weighted by Gasteiger charge is -2.03. The van der Waals surface area contributed by atoms with Gasteiger partial charge in [-0.05, 0) is 13.3 Å². The molecule has 0 radical (unpaired) electrons. The van der Waals surface area contributed by atoms with Crippen molar-refractivity contribution in [2.45, 2.75) is 13.3 Å². The molecule has 1 aromatic rings. The number of alkyl halides is 1. The predicted molar refractivity (Wildman–Crippen MR) is 59.7 cm³/mol. The van der Waals surface area contributed by atoms with Gasteiger partial charge in [0, 0.05) is 19.0 Å². The number of rotatable bonds is 7. The Morgan fingerprint density at radius 3 is 3.06 bits per heavy atom. The lowest BCUT2D eigenvalue weighted by atomic mass is 10.3. The molecule has 16 heavy (non-hydrogen) atoms. The highest BCUT2D eigenvalue weighted by Crippen LogP contribution is 2.03. The van der Waals surface area contributed by atoms with Crippen LogP contribution >= 0.6 is 11.6 Å². The van der Waals surface area contributed by atoms with Crippen molar-refractivity contribution in [2.75, 3.05) is 25.6 Å². The molecule has 0 saturated carbocycles. The quantitative estimate of drug-likeness (QED) is 0.583. The van der Waals surface area contributed by atoms with E-state index >= 15 is 0 Å². The zero-order valence-corrected chi connectivity index (χ0v) is 9.92. The van der Waals surface area contributed by atoms with Crippen LogP contribution in [-0.2, 0) is 4.74 Å². The molecule has 6 heteroatoms. The average Bonchev–Trinajstić information content (AvgIpc) is 2.69. The summed E-state index contributed by atoms with van der Waals surface area (Å²) in [6, 6.07) is 0. The number of nitrogens with one attached hydrogen (secondary N) is 1. The van der Waals surface area contributed by atoms with Gasteiger partial charge < -0.3 is 14.5 Å². The molecule has 1 N–H and O–H groups in total. The Morgan fingerprint density at radius 2 is 2.44 bits per heavy atom. The second-order valence-corrected chi connectivity index (χ2v) is 3.56. The molecule has 0 aliphatic carbocycles. The van der Waals surface area contributed by atoms with E-state index in [1.807, 2.05) is 0 Å². The number of carbonyl (C=O) groups excluding carboxylic acids is 1. The lowest BCUT2D eigenvalue weighted by molar-refractivity contribution is 0.0916. The highest BCUT2D eigenvalue weighted by molar-refractivity contribution is 6.17. The summed E-state index contributed by atoms with van der Waals surface area (Å²) in [5, 5.41) is 2.72. The first-order valence-electron chi connectivity index (χ1n) is 5.07. The van der Waals surface area contributed by atoms with Gasteiger partial charge in [0.2, 0.25) is 5.76 Å². The minimum absolute atomic E-state index is 0.243. The molecule has 1 aromatic heterocycles. The minimum Gasteiger partial charge on any atom is -0.438 e. The largest absolute Gasteiger partial charge is 0.438 e. The third-order valence-electron chi connectivity index (χ3n) is 1.92. The predicted octanol–water partition coefficient (Wildman–Crippen LogP) is 1.36. The third-order valence-corrected chi connectivity index (χ3v) is 2.08. The van der Waals surface area contributed by atoms with E-state index in [0.29, 0.717) is 31.3 Å². The standard InChI is InChI=1S/C10H15ClN2O3/c1-8-9(16-7-13-8)10(14)12-4-2-5-15-6-3-11/h7H,2-6H2,1H3,(H,12,14). The zero-order chi connectivity index (χ0) is 11.8. The Bertz CT molecular complexity index is 328. The topological polar surface area (TPSA) is 64.4 Å². The van der Waals surface area contributed by atoms with Gasteiger partial charge in [0.1, 0.15) is 0 Å². The zero-order valence-electron chi connectivity index (χ0n) is 9.16. The first-order chi connectivity index (χ1) is 7.75. The van der Waals surface area contributed by atoms with E-state index in [2.05, 4.69) is 10.3 Å². The monoisotopic (exact) mass is 246 g/mol. The number of ether oxygens (including phenoxy) is 1. The van der Waals surface area contributed by atoms with Gasteiger partial charge in [-0.2, -0.15) is 0 Å². The minimum atomic E-state index is -0.243. The third kappa shape index (κ3) is 4.20. The van der Waals surface area contributed by atoms with Crippen LogP contribution < -0.4 is 5.32 Å². The van der Waals surface area contributed by atoms with Crippen LogP contribution in [0.2, 0.25) is 0 Å². The number of oxazole rings is 1. The summed E-state index contributed by atoms with van der Waals surface area (Å²) in [6.45, 7) is 3.39. The fraction of sp³-hybridized carbons (Fsp3) is 0.600. The van der Waals surface area contributed by atoms with Crippen molar-refractivity contribution >= 4 is 17.5 Å². The first-order valence-corrected chi connectivity index (χ1v) is 5.61. The Kier molecular flexibility index (Phi) is 5.88. The summed E-state index contributed by atoms with van der Waals surface area (Å²) in [5.74, 6) is 0.512. The van der Waals surface area contributed by atoms with E-state index in [4.69, 9.17) is 20.8 Å². The van der Waals surface area contributed by atoms with Crippen LogP contribution in [0.3, 0.4) is 0 Å². The molecule has 0 atom stereocenters. The highest BCUT2D eigenvalue weighted by Gasteiger charge is 2.12. The van der Waals surface area contributed by atoms with Gasteiger partial charge in [-0.25, -0.2) is 4.98 Å². The fourth-order valence-electron chi connectivity index (χ4n) is 1.13. The maximum absolute atomic E-state index is 11.5. The Morgan fingerprint density at radius 1 is 1.62 bits per heavy atom. The van der Waals surface area contributed by atoms with Crippen LogP contribution in [0.25, 0.3) is 0 Å². The number of aryl methyl sites for hydroxylation is 1. The van der Waals surface area contributed by atoms with Gasteiger partial charge in [0.05, 0.1) is 12.3 Å². The SMILES string of the molecule is Cc1ncoc1C(=O)NCCCOCCCl. The number of hydrogen-bond donors (Lipinski definition) is 1. The number of hydrogen-bond acceptors (Lipinski definition) is 4. The van der Waals surface area contributed by atoms with E-state index < -0.39 is 0 Å². The van der Waals surface area contributed by atoms with E-state index in [9.17, 15) is 4.79 Å². The summed E-state index contributed by atoms with van der Waals surface area (Å²) in [4.78, 5) is 15.3. The number of halogens is 1. The summed E-state index contributed by atoms with van der Waals surface area (Å²) in [7, 11) is 0. The average molecular weight is 247 g/mol. The lowest BCUT2D eigenvalue weighted by Crippen LogP contribution is -2.25.